The Bertz CT molecular complexity index is 1060. The van der Waals surface area contributed by atoms with Gasteiger partial charge in [-0.1, -0.05) is 12.1 Å². The zero-order chi connectivity index (χ0) is 20.1. The number of nitrogens with zero attached hydrogens (tertiary/aromatic N) is 2. The minimum absolute atomic E-state index is 0.248. The van der Waals surface area contributed by atoms with E-state index in [1.54, 1.807) is 35.1 Å². The summed E-state index contributed by atoms with van der Waals surface area (Å²) in [6, 6.07) is 13.8. The summed E-state index contributed by atoms with van der Waals surface area (Å²) in [6.07, 6.45) is 4.62. The molecule has 0 aliphatic carbocycles. The molecule has 146 valence electrons. The molecule has 0 aliphatic heterocycles. The lowest BCUT2D eigenvalue weighted by atomic mass is 10.1. The first-order valence-corrected chi connectivity index (χ1v) is 10.3. The average molecular weight is 400 g/mol. The third kappa shape index (κ3) is 5.10. The van der Waals surface area contributed by atoms with Crippen molar-refractivity contribution in [3.8, 4) is 5.75 Å². The monoisotopic (exact) mass is 400 g/mol. The number of hydrogen-bond acceptors (Lipinski definition) is 5. The molecule has 28 heavy (non-hydrogen) atoms. The van der Waals surface area contributed by atoms with E-state index >= 15 is 0 Å². The molecule has 0 radical (unpaired) electrons. The van der Waals surface area contributed by atoms with Crippen LogP contribution >= 0.6 is 0 Å². The van der Waals surface area contributed by atoms with Gasteiger partial charge in [-0.15, -0.1) is 0 Å². The van der Waals surface area contributed by atoms with Gasteiger partial charge in [-0.2, -0.15) is 5.10 Å². The van der Waals surface area contributed by atoms with Crippen LogP contribution in [0.2, 0.25) is 0 Å². The summed E-state index contributed by atoms with van der Waals surface area (Å²) in [4.78, 5) is 12.5. The van der Waals surface area contributed by atoms with Gasteiger partial charge in [-0.25, -0.2) is 8.42 Å². The van der Waals surface area contributed by atoms with Crippen LogP contribution in [-0.4, -0.2) is 37.5 Å². The Morgan fingerprint density at radius 2 is 1.93 bits per heavy atom. The Morgan fingerprint density at radius 3 is 2.54 bits per heavy atom. The maximum atomic E-state index is 12.5. The molecule has 8 nitrogen and oxygen atoms in total. The molecule has 0 unspecified atom stereocenters. The first-order valence-electron chi connectivity index (χ1n) is 8.37. The van der Waals surface area contributed by atoms with Crippen LogP contribution < -0.4 is 14.8 Å². The molecule has 0 bridgehead atoms. The number of sulfonamides is 1. The summed E-state index contributed by atoms with van der Waals surface area (Å²) in [7, 11) is -2.05. The van der Waals surface area contributed by atoms with Crippen LogP contribution in [0.4, 0.5) is 11.4 Å². The first kappa shape index (κ1) is 19.4. The second-order valence-corrected chi connectivity index (χ2v) is 7.89. The second-order valence-electron chi connectivity index (χ2n) is 6.14. The molecule has 2 N–H and O–H groups in total. The van der Waals surface area contributed by atoms with E-state index in [4.69, 9.17) is 4.74 Å². The van der Waals surface area contributed by atoms with Crippen LogP contribution in [0.1, 0.15) is 15.9 Å². The van der Waals surface area contributed by atoms with Gasteiger partial charge in [0, 0.05) is 23.6 Å². The normalized spacial score (nSPS) is 11.1. The summed E-state index contributed by atoms with van der Waals surface area (Å²) < 4.78 is 32.3. The van der Waals surface area contributed by atoms with Crippen LogP contribution in [-0.2, 0) is 16.6 Å². The fourth-order valence-electron chi connectivity index (χ4n) is 2.61. The number of hydrogen-bond donors (Lipinski definition) is 2. The molecule has 0 saturated heterocycles. The van der Waals surface area contributed by atoms with E-state index in [9.17, 15) is 13.2 Å². The number of rotatable bonds is 7. The molecule has 1 heterocycles. The number of methoxy groups -OCH3 is 1. The zero-order valence-corrected chi connectivity index (χ0v) is 16.2. The molecule has 1 amide bonds. The van der Waals surface area contributed by atoms with Gasteiger partial charge >= 0.3 is 0 Å². The lowest BCUT2D eigenvalue weighted by Gasteiger charge is -2.12. The molecule has 1 aromatic heterocycles. The SMILES string of the molecule is COc1ccc(NC(=O)c2ccc(Cn3cccn3)cc2)cc1NS(C)(=O)=O. The molecule has 9 heteroatoms. The fourth-order valence-corrected chi connectivity index (χ4v) is 3.17. The van der Waals surface area contributed by atoms with Gasteiger partial charge in [-0.05, 0) is 42.0 Å². The molecule has 3 rings (SSSR count). The number of benzene rings is 2. The molecule has 0 fully saturated rings. The Kier molecular flexibility index (Phi) is 5.65. The van der Waals surface area contributed by atoms with E-state index in [0.717, 1.165) is 11.8 Å². The predicted octanol–water partition coefficient (Wildman–Crippen LogP) is 2.56. The van der Waals surface area contributed by atoms with Crippen molar-refractivity contribution < 1.29 is 17.9 Å². The van der Waals surface area contributed by atoms with Crippen molar-refractivity contribution in [3.63, 3.8) is 0 Å². The molecular weight excluding hydrogens is 380 g/mol. The summed E-state index contributed by atoms with van der Waals surface area (Å²) in [5.74, 6) is 0.0486. The largest absolute Gasteiger partial charge is 0.495 e. The minimum atomic E-state index is -3.48. The summed E-state index contributed by atoms with van der Waals surface area (Å²) in [6.45, 7) is 0.619. The van der Waals surface area contributed by atoms with Gasteiger partial charge in [0.25, 0.3) is 5.91 Å². The van der Waals surface area contributed by atoms with Gasteiger partial charge in [0.2, 0.25) is 10.0 Å². The van der Waals surface area contributed by atoms with Crippen molar-refractivity contribution in [3.05, 3.63) is 72.1 Å². The highest BCUT2D eigenvalue weighted by molar-refractivity contribution is 7.92. The van der Waals surface area contributed by atoms with Gasteiger partial charge in [0.1, 0.15) is 5.75 Å². The molecular formula is C19H20N4O4S. The minimum Gasteiger partial charge on any atom is -0.495 e. The van der Waals surface area contributed by atoms with Gasteiger partial charge in [0.05, 0.1) is 25.6 Å². The van der Waals surface area contributed by atoms with E-state index < -0.39 is 10.0 Å². The van der Waals surface area contributed by atoms with E-state index in [2.05, 4.69) is 15.1 Å². The molecule has 3 aromatic rings. The van der Waals surface area contributed by atoms with Crippen molar-refractivity contribution >= 4 is 27.3 Å². The van der Waals surface area contributed by atoms with Crippen LogP contribution in [0.5, 0.6) is 5.75 Å². The highest BCUT2D eigenvalue weighted by Crippen LogP contribution is 2.28. The topological polar surface area (TPSA) is 102 Å². The van der Waals surface area contributed by atoms with Gasteiger partial charge in [0.15, 0.2) is 0 Å². The van der Waals surface area contributed by atoms with E-state index in [1.807, 2.05) is 24.4 Å². The highest BCUT2D eigenvalue weighted by Gasteiger charge is 2.12. The van der Waals surface area contributed by atoms with E-state index in [1.165, 1.54) is 13.2 Å². The van der Waals surface area contributed by atoms with E-state index in [0.29, 0.717) is 23.5 Å². The second kappa shape index (κ2) is 8.13. The van der Waals surface area contributed by atoms with Crippen molar-refractivity contribution in [1.29, 1.82) is 0 Å². The lowest BCUT2D eigenvalue weighted by Crippen LogP contribution is -2.14. The zero-order valence-electron chi connectivity index (χ0n) is 15.4. The smallest absolute Gasteiger partial charge is 0.255 e. The fraction of sp³-hybridized carbons (Fsp3) is 0.158. The standard InChI is InChI=1S/C19H20N4O4S/c1-27-18-9-8-16(12-17(18)22-28(2,25)26)21-19(24)15-6-4-14(5-7-15)13-23-11-3-10-20-23/h3-12,22H,13H2,1-2H3,(H,21,24). The summed E-state index contributed by atoms with van der Waals surface area (Å²) in [5, 5.41) is 6.90. The third-order valence-corrected chi connectivity index (χ3v) is 4.46. The number of nitrogens with one attached hydrogen (secondary N) is 2. The molecule has 0 spiro atoms. The van der Waals surface area contributed by atoms with Crippen LogP contribution in [0.3, 0.4) is 0 Å². The molecule has 2 aromatic carbocycles. The molecule has 0 aliphatic rings. The van der Waals surface area contributed by atoms with Crippen LogP contribution in [0.25, 0.3) is 0 Å². The quantitative estimate of drug-likeness (QED) is 0.635. The number of carbonyl (C=O) groups is 1. The molecule has 0 atom stereocenters. The summed E-state index contributed by atoms with van der Waals surface area (Å²) >= 11 is 0. The van der Waals surface area contributed by atoms with Crippen molar-refractivity contribution in [2.24, 2.45) is 0 Å². The Hall–Kier alpha value is -3.33. The Balaban J connectivity index is 1.72. The highest BCUT2D eigenvalue weighted by atomic mass is 32.2. The predicted molar refractivity (Wildman–Crippen MR) is 107 cm³/mol. The first-order chi connectivity index (χ1) is 13.3. The van der Waals surface area contributed by atoms with Gasteiger partial charge < -0.3 is 10.1 Å². The molecule has 0 saturated carbocycles. The number of carbonyl (C=O) groups excluding carboxylic acids is 1. The third-order valence-electron chi connectivity index (χ3n) is 3.87. The summed E-state index contributed by atoms with van der Waals surface area (Å²) in [5.41, 5.74) is 2.19. The van der Waals surface area contributed by atoms with Crippen LogP contribution in [0.15, 0.2) is 60.9 Å². The average Bonchev–Trinajstić information content (AvgIpc) is 3.14. The number of anilines is 2. The van der Waals surface area contributed by atoms with Crippen molar-refractivity contribution in [2.75, 3.05) is 23.4 Å². The van der Waals surface area contributed by atoms with Crippen molar-refractivity contribution in [2.45, 2.75) is 6.54 Å². The maximum Gasteiger partial charge on any atom is 0.255 e. The number of ether oxygens (including phenoxy) is 1. The number of aromatic nitrogens is 2. The Labute approximate surface area is 163 Å². The van der Waals surface area contributed by atoms with Gasteiger partial charge in [-0.3, -0.25) is 14.2 Å². The Morgan fingerprint density at radius 1 is 1.18 bits per heavy atom. The maximum absolute atomic E-state index is 12.5. The van der Waals surface area contributed by atoms with E-state index in [-0.39, 0.29) is 11.6 Å². The lowest BCUT2D eigenvalue weighted by molar-refractivity contribution is 0.102. The van der Waals surface area contributed by atoms with Crippen molar-refractivity contribution in [1.82, 2.24) is 9.78 Å². The van der Waals surface area contributed by atoms with Crippen LogP contribution in [0, 0.1) is 0 Å². The number of amides is 1.